The second-order valence-corrected chi connectivity index (χ2v) is 4.73. The van der Waals surface area contributed by atoms with Gasteiger partial charge in [0.2, 0.25) is 5.91 Å². The Hall–Kier alpha value is -1.04. The maximum atomic E-state index is 11.9. The Balaban J connectivity index is 1.87. The first-order valence-corrected chi connectivity index (χ1v) is 6.00. The molecule has 2 rings (SSSR count). The first-order valence-electron chi connectivity index (χ1n) is 6.00. The fourth-order valence-electron chi connectivity index (χ4n) is 2.78. The molecule has 15 heavy (non-hydrogen) atoms. The van der Waals surface area contributed by atoms with Crippen molar-refractivity contribution in [2.24, 2.45) is 5.92 Å². The maximum absolute atomic E-state index is 11.9. The second-order valence-electron chi connectivity index (χ2n) is 4.73. The predicted octanol–water partition coefficient (Wildman–Crippen LogP) is 2.08. The fraction of sp³-hybridized carbons (Fsp3) is 0.833. The van der Waals surface area contributed by atoms with Gasteiger partial charge in [-0.05, 0) is 31.6 Å². The van der Waals surface area contributed by atoms with E-state index in [1.54, 1.807) is 4.90 Å². The van der Waals surface area contributed by atoms with E-state index in [0.717, 1.165) is 19.4 Å². The molecule has 0 aromatic carbocycles. The molecule has 1 heterocycles. The Kier molecular flexibility index (Phi) is 3.25. The summed E-state index contributed by atoms with van der Waals surface area (Å²) < 4.78 is 0. The van der Waals surface area contributed by atoms with Crippen molar-refractivity contribution in [3.63, 3.8) is 0 Å². The van der Waals surface area contributed by atoms with Gasteiger partial charge in [0, 0.05) is 13.0 Å². The minimum atomic E-state index is -0.140. The van der Waals surface area contributed by atoms with Crippen LogP contribution in [0.15, 0.2) is 0 Å². The van der Waals surface area contributed by atoms with Crippen LogP contribution < -0.4 is 0 Å². The molecule has 0 aromatic heterocycles. The molecule has 1 aliphatic heterocycles. The molecule has 1 unspecified atom stereocenters. The monoisotopic (exact) mass is 206 g/mol. The average Bonchev–Trinajstić information content (AvgIpc) is 2.86. The maximum Gasteiger partial charge on any atom is 0.223 e. The zero-order valence-corrected chi connectivity index (χ0v) is 9.11. The number of carbonyl (C=O) groups excluding carboxylic acids is 1. The standard InChI is InChI=1S/C12H18N2O/c13-9-11-6-3-7-14(11)12(15)8-10-4-1-2-5-10/h10-11H,1-8H2. The minimum Gasteiger partial charge on any atom is -0.327 e. The third kappa shape index (κ3) is 2.31. The van der Waals surface area contributed by atoms with Crippen LogP contribution in [0, 0.1) is 17.2 Å². The third-order valence-electron chi connectivity index (χ3n) is 3.66. The largest absolute Gasteiger partial charge is 0.327 e. The van der Waals surface area contributed by atoms with E-state index < -0.39 is 0 Å². The molecular weight excluding hydrogens is 188 g/mol. The molecule has 0 aromatic rings. The normalized spacial score (nSPS) is 26.9. The van der Waals surface area contributed by atoms with E-state index in [1.165, 1.54) is 25.7 Å². The van der Waals surface area contributed by atoms with Gasteiger partial charge in [0.25, 0.3) is 0 Å². The summed E-state index contributed by atoms with van der Waals surface area (Å²) in [4.78, 5) is 13.7. The summed E-state index contributed by atoms with van der Waals surface area (Å²) in [5.74, 6) is 0.809. The summed E-state index contributed by atoms with van der Waals surface area (Å²) in [6.07, 6.45) is 7.51. The summed E-state index contributed by atoms with van der Waals surface area (Å²) in [7, 11) is 0. The smallest absolute Gasteiger partial charge is 0.223 e. The summed E-state index contributed by atoms with van der Waals surface area (Å²) in [5.41, 5.74) is 0. The molecule has 3 heteroatoms. The predicted molar refractivity (Wildman–Crippen MR) is 56.9 cm³/mol. The highest BCUT2D eigenvalue weighted by atomic mass is 16.2. The fourth-order valence-corrected chi connectivity index (χ4v) is 2.78. The Morgan fingerprint density at radius 3 is 2.67 bits per heavy atom. The molecule has 82 valence electrons. The highest BCUT2D eigenvalue weighted by Gasteiger charge is 2.30. The Bertz CT molecular complexity index is 276. The molecule has 0 radical (unpaired) electrons. The number of carbonyl (C=O) groups is 1. The summed E-state index contributed by atoms with van der Waals surface area (Å²) in [6.45, 7) is 0.795. The van der Waals surface area contributed by atoms with Gasteiger partial charge in [0.1, 0.15) is 6.04 Å². The number of hydrogen-bond donors (Lipinski definition) is 0. The molecule has 3 nitrogen and oxygen atoms in total. The van der Waals surface area contributed by atoms with Crippen LogP contribution in [-0.2, 0) is 4.79 Å². The van der Waals surface area contributed by atoms with Crippen molar-refractivity contribution in [1.82, 2.24) is 4.90 Å². The lowest BCUT2D eigenvalue weighted by molar-refractivity contribution is -0.132. The van der Waals surface area contributed by atoms with Gasteiger partial charge in [-0.25, -0.2) is 0 Å². The lowest BCUT2D eigenvalue weighted by atomic mass is 10.0. The molecule has 1 amide bonds. The van der Waals surface area contributed by atoms with Gasteiger partial charge in [-0.2, -0.15) is 5.26 Å². The molecule has 0 spiro atoms. The topological polar surface area (TPSA) is 44.1 Å². The summed E-state index contributed by atoms with van der Waals surface area (Å²) in [6, 6.07) is 2.08. The van der Waals surface area contributed by atoms with Crippen molar-refractivity contribution in [2.75, 3.05) is 6.54 Å². The number of rotatable bonds is 2. The van der Waals surface area contributed by atoms with Crippen molar-refractivity contribution in [3.05, 3.63) is 0 Å². The van der Waals surface area contributed by atoms with Crippen molar-refractivity contribution < 1.29 is 4.79 Å². The van der Waals surface area contributed by atoms with Crippen LogP contribution in [0.2, 0.25) is 0 Å². The number of likely N-dealkylation sites (tertiary alicyclic amines) is 1. The van der Waals surface area contributed by atoms with Gasteiger partial charge in [-0.15, -0.1) is 0 Å². The van der Waals surface area contributed by atoms with Crippen LogP contribution in [-0.4, -0.2) is 23.4 Å². The lowest BCUT2D eigenvalue weighted by Crippen LogP contribution is -2.35. The second kappa shape index (κ2) is 4.65. The van der Waals surface area contributed by atoms with Crippen LogP contribution in [0.3, 0.4) is 0 Å². The molecule has 2 aliphatic rings. The molecule has 0 N–H and O–H groups in total. The minimum absolute atomic E-state index is 0.140. The third-order valence-corrected chi connectivity index (χ3v) is 3.66. The van der Waals surface area contributed by atoms with Gasteiger partial charge in [0.15, 0.2) is 0 Å². The van der Waals surface area contributed by atoms with Crippen LogP contribution in [0.4, 0.5) is 0 Å². The molecule has 1 atom stereocenters. The average molecular weight is 206 g/mol. The van der Waals surface area contributed by atoms with Gasteiger partial charge in [0.05, 0.1) is 6.07 Å². The van der Waals surface area contributed by atoms with Crippen LogP contribution in [0.25, 0.3) is 0 Å². The number of amides is 1. The summed E-state index contributed by atoms with van der Waals surface area (Å²) in [5, 5.41) is 8.90. The van der Waals surface area contributed by atoms with Gasteiger partial charge >= 0.3 is 0 Å². The Morgan fingerprint density at radius 2 is 2.00 bits per heavy atom. The SMILES string of the molecule is N#CC1CCCN1C(=O)CC1CCCC1. The van der Waals surface area contributed by atoms with Crippen molar-refractivity contribution in [1.29, 1.82) is 5.26 Å². The Labute approximate surface area is 91.1 Å². The lowest BCUT2D eigenvalue weighted by Gasteiger charge is -2.21. The summed E-state index contributed by atoms with van der Waals surface area (Å²) >= 11 is 0. The quantitative estimate of drug-likeness (QED) is 0.694. The highest BCUT2D eigenvalue weighted by Crippen LogP contribution is 2.29. The zero-order chi connectivity index (χ0) is 10.7. The van der Waals surface area contributed by atoms with E-state index in [0.29, 0.717) is 12.3 Å². The first-order chi connectivity index (χ1) is 7.31. The van der Waals surface area contributed by atoms with Gasteiger partial charge in [-0.1, -0.05) is 12.8 Å². The van der Waals surface area contributed by atoms with Crippen LogP contribution in [0.1, 0.15) is 44.9 Å². The highest BCUT2D eigenvalue weighted by molar-refractivity contribution is 5.77. The number of nitriles is 1. The van der Waals surface area contributed by atoms with E-state index >= 15 is 0 Å². The van der Waals surface area contributed by atoms with Crippen LogP contribution >= 0.6 is 0 Å². The molecule has 1 saturated heterocycles. The molecule has 2 fully saturated rings. The number of hydrogen-bond acceptors (Lipinski definition) is 2. The van der Waals surface area contributed by atoms with E-state index in [1.807, 2.05) is 0 Å². The van der Waals surface area contributed by atoms with Gasteiger partial charge in [-0.3, -0.25) is 4.79 Å². The van der Waals surface area contributed by atoms with E-state index in [4.69, 9.17) is 5.26 Å². The molecule has 0 bridgehead atoms. The van der Waals surface area contributed by atoms with Crippen LogP contribution in [0.5, 0.6) is 0 Å². The van der Waals surface area contributed by atoms with E-state index in [-0.39, 0.29) is 11.9 Å². The van der Waals surface area contributed by atoms with Crippen molar-refractivity contribution in [3.8, 4) is 6.07 Å². The van der Waals surface area contributed by atoms with Crippen molar-refractivity contribution in [2.45, 2.75) is 51.0 Å². The first kappa shape index (κ1) is 10.5. The number of nitrogens with zero attached hydrogens (tertiary/aromatic N) is 2. The van der Waals surface area contributed by atoms with E-state index in [2.05, 4.69) is 6.07 Å². The van der Waals surface area contributed by atoms with E-state index in [9.17, 15) is 4.79 Å². The van der Waals surface area contributed by atoms with Gasteiger partial charge < -0.3 is 4.90 Å². The zero-order valence-electron chi connectivity index (χ0n) is 9.11. The Morgan fingerprint density at radius 1 is 1.27 bits per heavy atom. The molecule has 1 aliphatic carbocycles. The molecular formula is C12H18N2O. The van der Waals surface area contributed by atoms with Crippen molar-refractivity contribution >= 4 is 5.91 Å². The molecule has 1 saturated carbocycles.